The van der Waals surface area contributed by atoms with E-state index in [-0.39, 0.29) is 36.5 Å². The third-order valence-electron chi connectivity index (χ3n) is 6.52. The molecule has 2 N–H and O–H groups in total. The van der Waals surface area contributed by atoms with E-state index in [1.165, 1.54) is 6.20 Å². The highest BCUT2D eigenvalue weighted by molar-refractivity contribution is 5.92. The van der Waals surface area contributed by atoms with Gasteiger partial charge in [0.2, 0.25) is 5.92 Å². The molecule has 0 spiro atoms. The predicted octanol–water partition coefficient (Wildman–Crippen LogP) is 5.22. The molecule has 3 aromatic rings. The van der Waals surface area contributed by atoms with Crippen molar-refractivity contribution >= 4 is 23.4 Å². The molecule has 1 amide bonds. The van der Waals surface area contributed by atoms with Gasteiger partial charge in [-0.1, -0.05) is 30.3 Å². The Hall–Kier alpha value is -3.97. The minimum atomic E-state index is -4.60. The molecule has 0 bridgehead atoms. The van der Waals surface area contributed by atoms with E-state index in [1.54, 1.807) is 30.3 Å². The topological polar surface area (TPSA) is 109 Å². The zero-order valence-corrected chi connectivity index (χ0v) is 20.8. The molecule has 1 aliphatic carbocycles. The van der Waals surface area contributed by atoms with Gasteiger partial charge in [0.05, 0.1) is 23.6 Å². The van der Waals surface area contributed by atoms with Crippen LogP contribution in [0.4, 0.5) is 32.4 Å². The number of nitrogens with one attached hydrogen (secondary N) is 1. The average Bonchev–Trinajstić information content (AvgIpc) is 3.28. The SMILES string of the molecule is CN(CC(F)(F)F)c1cc2nc([C@@H](NC(=O)OCc3ccccc3)C3CCC(F)(F)CC3)cn2nc1C(=O)O. The molecule has 2 aromatic heterocycles. The first kappa shape index (κ1) is 28.0. The molecule has 0 unspecified atom stereocenters. The first-order chi connectivity index (χ1) is 18.3. The van der Waals surface area contributed by atoms with E-state index in [0.29, 0.717) is 4.90 Å². The number of carboxylic acid groups (broad SMARTS) is 1. The Kier molecular flexibility index (Phi) is 7.93. The number of nitrogens with zero attached hydrogens (tertiary/aromatic N) is 4. The quantitative estimate of drug-likeness (QED) is 0.367. The third-order valence-corrected chi connectivity index (χ3v) is 6.52. The fourth-order valence-corrected chi connectivity index (χ4v) is 4.60. The highest BCUT2D eigenvalue weighted by Gasteiger charge is 2.39. The molecule has 1 fully saturated rings. The molecule has 1 saturated carbocycles. The van der Waals surface area contributed by atoms with E-state index in [4.69, 9.17) is 4.74 Å². The summed E-state index contributed by atoms with van der Waals surface area (Å²) in [7, 11) is 1.08. The van der Waals surface area contributed by atoms with E-state index >= 15 is 0 Å². The Balaban J connectivity index is 1.64. The van der Waals surface area contributed by atoms with Crippen molar-refractivity contribution in [3.05, 3.63) is 59.5 Å². The van der Waals surface area contributed by atoms with Gasteiger partial charge in [0.15, 0.2) is 11.3 Å². The summed E-state index contributed by atoms with van der Waals surface area (Å²) in [6, 6.07) is 9.12. The first-order valence-electron chi connectivity index (χ1n) is 12.1. The van der Waals surface area contributed by atoms with Crippen LogP contribution < -0.4 is 10.2 Å². The van der Waals surface area contributed by atoms with Gasteiger partial charge in [-0.05, 0) is 24.3 Å². The van der Waals surface area contributed by atoms with Crippen molar-refractivity contribution in [3.8, 4) is 0 Å². The van der Waals surface area contributed by atoms with Gasteiger partial charge in [0, 0.05) is 26.0 Å². The summed E-state index contributed by atoms with van der Waals surface area (Å²) in [4.78, 5) is 29.5. The number of hydrogen-bond acceptors (Lipinski definition) is 6. The number of halogens is 5. The maximum atomic E-state index is 13.9. The minimum absolute atomic E-state index is 0.0182. The van der Waals surface area contributed by atoms with Gasteiger partial charge in [-0.3, -0.25) is 0 Å². The van der Waals surface area contributed by atoms with E-state index in [2.05, 4.69) is 15.4 Å². The van der Waals surface area contributed by atoms with E-state index in [0.717, 1.165) is 23.2 Å². The van der Waals surface area contributed by atoms with Crippen LogP contribution in [0.5, 0.6) is 0 Å². The molecule has 0 saturated heterocycles. The number of alkyl halides is 5. The number of alkyl carbamates (subject to hydrolysis) is 1. The Morgan fingerprint density at radius 2 is 1.90 bits per heavy atom. The van der Waals surface area contributed by atoms with Gasteiger partial charge in [-0.25, -0.2) is 27.9 Å². The molecule has 9 nitrogen and oxygen atoms in total. The zero-order chi connectivity index (χ0) is 28.4. The number of aromatic nitrogens is 3. The molecule has 2 heterocycles. The number of rotatable bonds is 8. The van der Waals surface area contributed by atoms with Crippen molar-refractivity contribution in [1.29, 1.82) is 0 Å². The van der Waals surface area contributed by atoms with Crippen LogP contribution in [-0.2, 0) is 11.3 Å². The van der Waals surface area contributed by atoms with Crippen molar-refractivity contribution in [2.75, 3.05) is 18.5 Å². The lowest BCUT2D eigenvalue weighted by atomic mass is 9.81. The lowest BCUT2D eigenvalue weighted by Crippen LogP contribution is -2.37. The molecule has 1 aromatic carbocycles. The molecular weight excluding hydrogens is 529 g/mol. The fraction of sp³-hybridized carbons (Fsp3) is 0.440. The van der Waals surface area contributed by atoms with Crippen LogP contribution in [0.15, 0.2) is 42.6 Å². The number of hydrogen-bond donors (Lipinski definition) is 2. The van der Waals surface area contributed by atoms with Gasteiger partial charge in [-0.15, -0.1) is 0 Å². The second-order valence-electron chi connectivity index (χ2n) is 9.50. The molecule has 0 radical (unpaired) electrons. The number of carboxylic acids is 1. The Morgan fingerprint density at radius 3 is 2.51 bits per heavy atom. The second kappa shape index (κ2) is 11.0. The number of ether oxygens (including phenoxy) is 1. The molecular formula is C25H26F5N5O4. The number of anilines is 1. The number of aromatic carboxylic acids is 1. The average molecular weight is 556 g/mol. The third kappa shape index (κ3) is 7.12. The maximum absolute atomic E-state index is 13.9. The van der Waals surface area contributed by atoms with Crippen molar-refractivity contribution in [2.24, 2.45) is 5.92 Å². The van der Waals surface area contributed by atoms with E-state index < -0.39 is 61.2 Å². The van der Waals surface area contributed by atoms with Gasteiger partial charge in [0.25, 0.3) is 0 Å². The van der Waals surface area contributed by atoms with Crippen LogP contribution in [0.1, 0.15) is 53.5 Å². The summed E-state index contributed by atoms with van der Waals surface area (Å²) in [5.74, 6) is -4.83. The maximum Gasteiger partial charge on any atom is 0.408 e. The largest absolute Gasteiger partial charge is 0.476 e. The summed E-state index contributed by atoms with van der Waals surface area (Å²) in [6.07, 6.45) is -4.75. The standard InChI is InChI=1S/C25H26F5N5O4/c1-34(14-25(28,29)30)18-11-19-31-17(12-35(19)33-21(18)22(36)37)20(16-7-9-24(26,27)10-8-16)32-23(38)39-13-15-5-3-2-4-6-15/h2-6,11-12,16,20H,7-10,13-14H2,1H3,(H,32,38)(H,36,37)/t20-/m0/s1. The first-order valence-corrected chi connectivity index (χ1v) is 12.1. The molecule has 0 aliphatic heterocycles. The lowest BCUT2D eigenvalue weighted by molar-refractivity contribution is -0.119. The summed E-state index contributed by atoms with van der Waals surface area (Å²) in [5, 5.41) is 16.2. The number of amides is 1. The van der Waals surface area contributed by atoms with Crippen molar-refractivity contribution in [2.45, 2.75) is 50.4 Å². The van der Waals surface area contributed by atoms with E-state index in [1.807, 2.05) is 0 Å². The predicted molar refractivity (Wildman–Crippen MR) is 129 cm³/mol. The van der Waals surface area contributed by atoms with Gasteiger partial charge >= 0.3 is 18.2 Å². The fourth-order valence-electron chi connectivity index (χ4n) is 4.60. The van der Waals surface area contributed by atoms with Gasteiger partial charge < -0.3 is 20.1 Å². The molecule has 210 valence electrons. The number of fused-ring (bicyclic) bond motifs is 1. The summed E-state index contributed by atoms with van der Waals surface area (Å²) < 4.78 is 73.0. The highest BCUT2D eigenvalue weighted by Crippen LogP contribution is 2.41. The number of benzene rings is 1. The normalized spacial score (nSPS) is 16.6. The Morgan fingerprint density at radius 1 is 1.23 bits per heavy atom. The van der Waals surface area contributed by atoms with Crippen LogP contribution >= 0.6 is 0 Å². The summed E-state index contributed by atoms with van der Waals surface area (Å²) in [6.45, 7) is -1.46. The zero-order valence-electron chi connectivity index (χ0n) is 20.8. The van der Waals surface area contributed by atoms with Crippen LogP contribution in [0.2, 0.25) is 0 Å². The van der Waals surface area contributed by atoms with Crippen molar-refractivity contribution in [1.82, 2.24) is 19.9 Å². The molecule has 39 heavy (non-hydrogen) atoms. The smallest absolute Gasteiger partial charge is 0.408 e. The number of carbonyl (C=O) groups is 2. The number of imidazole rings is 1. The Labute approximate surface area is 219 Å². The lowest BCUT2D eigenvalue weighted by Gasteiger charge is -2.33. The van der Waals surface area contributed by atoms with Crippen LogP contribution in [0, 0.1) is 5.92 Å². The minimum Gasteiger partial charge on any atom is -0.476 e. The monoisotopic (exact) mass is 555 g/mol. The van der Waals surface area contributed by atoms with Gasteiger partial charge in [0.1, 0.15) is 13.2 Å². The van der Waals surface area contributed by atoms with Crippen LogP contribution in [0.3, 0.4) is 0 Å². The molecule has 14 heteroatoms. The molecule has 1 atom stereocenters. The summed E-state index contributed by atoms with van der Waals surface area (Å²) >= 11 is 0. The highest BCUT2D eigenvalue weighted by atomic mass is 19.4. The van der Waals surface area contributed by atoms with Crippen molar-refractivity contribution in [3.63, 3.8) is 0 Å². The summed E-state index contributed by atoms with van der Waals surface area (Å²) in [5.41, 5.74) is -0.0167. The van der Waals surface area contributed by atoms with E-state index in [9.17, 15) is 36.6 Å². The van der Waals surface area contributed by atoms with Gasteiger partial charge in [-0.2, -0.15) is 18.3 Å². The van der Waals surface area contributed by atoms with Crippen LogP contribution in [-0.4, -0.2) is 57.5 Å². The molecule has 1 aliphatic rings. The number of carbonyl (C=O) groups excluding carboxylic acids is 1. The molecule has 4 rings (SSSR count). The Bertz CT molecular complexity index is 1320. The van der Waals surface area contributed by atoms with Crippen molar-refractivity contribution < 1.29 is 41.4 Å². The second-order valence-corrected chi connectivity index (χ2v) is 9.50. The van der Waals surface area contributed by atoms with Crippen LogP contribution in [0.25, 0.3) is 5.65 Å².